The van der Waals surface area contributed by atoms with Crippen LogP contribution in [0.1, 0.15) is 28.9 Å². The summed E-state index contributed by atoms with van der Waals surface area (Å²) in [4.78, 5) is 16.1. The third-order valence-electron chi connectivity index (χ3n) is 5.83. The molecule has 1 atom stereocenters. The van der Waals surface area contributed by atoms with Crippen LogP contribution in [0.2, 0.25) is 0 Å². The smallest absolute Gasteiger partial charge is 0.405 e. The Morgan fingerprint density at radius 2 is 1.71 bits per heavy atom. The summed E-state index contributed by atoms with van der Waals surface area (Å²) in [5.74, 6) is 0.737. The number of primary amides is 1. The van der Waals surface area contributed by atoms with Crippen molar-refractivity contribution in [2.24, 2.45) is 12.8 Å². The van der Waals surface area contributed by atoms with E-state index in [-0.39, 0.29) is 5.89 Å². The molecule has 0 aliphatic carbocycles. The first-order valence-electron chi connectivity index (χ1n) is 11.0. The van der Waals surface area contributed by atoms with Gasteiger partial charge in [-0.2, -0.15) is 4.98 Å². The SMILES string of the molecule is Cn1cc(CC(OC(N)=O)c2nc(Cc3ccc(-c4ccccc4)cc3)no2)c2ccccc21. The molecule has 1 amide bonds. The Labute approximate surface area is 196 Å². The Morgan fingerprint density at radius 3 is 2.47 bits per heavy atom. The lowest BCUT2D eigenvalue weighted by Gasteiger charge is -2.12. The molecule has 2 N–H and O–H groups in total. The lowest BCUT2D eigenvalue weighted by molar-refractivity contribution is 0.0851. The van der Waals surface area contributed by atoms with Crippen molar-refractivity contribution in [2.75, 3.05) is 0 Å². The average molecular weight is 453 g/mol. The number of rotatable bonds is 7. The van der Waals surface area contributed by atoms with Crippen LogP contribution >= 0.6 is 0 Å². The van der Waals surface area contributed by atoms with Gasteiger partial charge in [0.05, 0.1) is 0 Å². The van der Waals surface area contributed by atoms with Crippen LogP contribution in [0.3, 0.4) is 0 Å². The van der Waals surface area contributed by atoms with Crippen molar-refractivity contribution in [2.45, 2.75) is 18.9 Å². The highest BCUT2D eigenvalue weighted by molar-refractivity contribution is 5.84. The molecule has 7 heteroatoms. The van der Waals surface area contributed by atoms with Crippen molar-refractivity contribution < 1.29 is 14.1 Å². The summed E-state index contributed by atoms with van der Waals surface area (Å²) < 4.78 is 12.9. The Bertz CT molecular complexity index is 1420. The lowest BCUT2D eigenvalue weighted by Crippen LogP contribution is -2.19. The normalized spacial score (nSPS) is 12.0. The maximum absolute atomic E-state index is 11.6. The first-order valence-corrected chi connectivity index (χ1v) is 11.0. The third-order valence-corrected chi connectivity index (χ3v) is 5.83. The number of nitrogens with two attached hydrogens (primary N) is 1. The maximum Gasteiger partial charge on any atom is 0.405 e. The Balaban J connectivity index is 1.35. The summed E-state index contributed by atoms with van der Waals surface area (Å²) in [6, 6.07) is 26.5. The number of hydrogen-bond acceptors (Lipinski definition) is 5. The minimum Gasteiger partial charge on any atom is -0.436 e. The Kier molecular flexibility index (Phi) is 5.82. The van der Waals surface area contributed by atoms with Gasteiger partial charge in [0.1, 0.15) is 0 Å². The van der Waals surface area contributed by atoms with Gasteiger partial charge in [-0.05, 0) is 28.3 Å². The van der Waals surface area contributed by atoms with Crippen LogP contribution < -0.4 is 5.73 Å². The number of aromatic nitrogens is 3. The molecule has 0 saturated heterocycles. The molecule has 2 heterocycles. The van der Waals surface area contributed by atoms with Gasteiger partial charge in [-0.15, -0.1) is 0 Å². The summed E-state index contributed by atoms with van der Waals surface area (Å²) in [5.41, 5.74) is 10.8. The summed E-state index contributed by atoms with van der Waals surface area (Å²) in [6.07, 6.45) is 1.22. The predicted molar refractivity (Wildman–Crippen MR) is 129 cm³/mol. The molecule has 0 bridgehead atoms. The zero-order chi connectivity index (χ0) is 23.5. The molecule has 5 aromatic rings. The standard InChI is InChI=1S/C27H24N4O3/c1-31-17-21(22-9-5-6-10-23(22)31)16-24(33-27(28)32)26-29-25(30-34-26)15-18-11-13-20(14-12-18)19-7-3-2-4-8-19/h2-14,17,24H,15-16H2,1H3,(H2,28,32). The van der Waals surface area contributed by atoms with Crippen molar-refractivity contribution in [1.82, 2.24) is 14.7 Å². The van der Waals surface area contributed by atoms with Crippen LogP contribution in [0.4, 0.5) is 4.79 Å². The van der Waals surface area contributed by atoms with Gasteiger partial charge in [-0.3, -0.25) is 0 Å². The number of benzene rings is 3. The molecular formula is C27H24N4O3. The van der Waals surface area contributed by atoms with Crippen molar-refractivity contribution in [3.05, 3.63) is 108 Å². The third kappa shape index (κ3) is 4.54. The number of fused-ring (bicyclic) bond motifs is 1. The Morgan fingerprint density at radius 1 is 1.00 bits per heavy atom. The van der Waals surface area contributed by atoms with E-state index < -0.39 is 12.2 Å². The summed E-state index contributed by atoms with van der Waals surface area (Å²) >= 11 is 0. The molecule has 170 valence electrons. The molecule has 1 unspecified atom stereocenters. The van der Waals surface area contributed by atoms with E-state index in [2.05, 4.69) is 34.4 Å². The highest BCUT2D eigenvalue weighted by Crippen LogP contribution is 2.28. The summed E-state index contributed by atoms with van der Waals surface area (Å²) in [6.45, 7) is 0. The van der Waals surface area contributed by atoms with Crippen LogP contribution in [0.5, 0.6) is 0 Å². The van der Waals surface area contributed by atoms with Crippen molar-refractivity contribution >= 4 is 17.0 Å². The molecule has 5 rings (SSSR count). The molecule has 0 saturated carbocycles. The van der Waals surface area contributed by atoms with Crippen LogP contribution in [-0.4, -0.2) is 20.8 Å². The van der Waals surface area contributed by atoms with Crippen molar-refractivity contribution in [3.8, 4) is 11.1 Å². The van der Waals surface area contributed by atoms with Gasteiger partial charge in [-0.1, -0.05) is 78.0 Å². The zero-order valence-electron chi connectivity index (χ0n) is 18.7. The second-order valence-corrected chi connectivity index (χ2v) is 8.20. The van der Waals surface area contributed by atoms with Gasteiger partial charge < -0.3 is 19.6 Å². The monoisotopic (exact) mass is 452 g/mol. The molecule has 2 aromatic heterocycles. The van der Waals surface area contributed by atoms with E-state index in [0.29, 0.717) is 18.7 Å². The largest absolute Gasteiger partial charge is 0.436 e. The number of amides is 1. The molecule has 0 fully saturated rings. The van der Waals surface area contributed by atoms with Crippen LogP contribution in [0.25, 0.3) is 22.0 Å². The Hall–Kier alpha value is -4.39. The van der Waals surface area contributed by atoms with Gasteiger partial charge in [-0.25, -0.2) is 4.79 Å². The first-order chi connectivity index (χ1) is 16.6. The molecular weight excluding hydrogens is 428 g/mol. The summed E-state index contributed by atoms with van der Waals surface area (Å²) in [5, 5.41) is 5.18. The summed E-state index contributed by atoms with van der Waals surface area (Å²) in [7, 11) is 1.98. The van der Waals surface area contributed by atoms with Gasteiger partial charge in [0.2, 0.25) is 0 Å². The zero-order valence-corrected chi connectivity index (χ0v) is 18.7. The van der Waals surface area contributed by atoms with E-state index in [0.717, 1.165) is 33.2 Å². The second kappa shape index (κ2) is 9.23. The average Bonchev–Trinajstić information content (AvgIpc) is 3.44. The number of hydrogen-bond donors (Lipinski definition) is 1. The molecule has 34 heavy (non-hydrogen) atoms. The quantitative estimate of drug-likeness (QED) is 0.366. The fourth-order valence-corrected chi connectivity index (χ4v) is 4.21. The number of carbonyl (C=O) groups is 1. The molecule has 3 aromatic carbocycles. The van der Waals surface area contributed by atoms with Crippen LogP contribution in [0.15, 0.2) is 89.6 Å². The number of aryl methyl sites for hydroxylation is 1. The van der Waals surface area contributed by atoms with E-state index in [9.17, 15) is 4.79 Å². The van der Waals surface area contributed by atoms with Gasteiger partial charge in [0.25, 0.3) is 5.89 Å². The molecule has 0 aliphatic rings. The molecule has 0 aliphatic heterocycles. The number of nitrogens with zero attached hydrogens (tertiary/aromatic N) is 3. The molecule has 7 nitrogen and oxygen atoms in total. The lowest BCUT2D eigenvalue weighted by atomic mass is 10.0. The van der Waals surface area contributed by atoms with Gasteiger partial charge in [0.15, 0.2) is 11.9 Å². The first kappa shape index (κ1) is 21.5. The van der Waals surface area contributed by atoms with Crippen molar-refractivity contribution in [1.29, 1.82) is 0 Å². The maximum atomic E-state index is 11.6. The van der Waals surface area contributed by atoms with E-state index in [1.807, 2.05) is 72.4 Å². The number of carbonyl (C=O) groups excluding carboxylic acids is 1. The highest BCUT2D eigenvalue weighted by atomic mass is 16.6. The second-order valence-electron chi connectivity index (χ2n) is 8.20. The minimum atomic E-state index is -0.888. The van der Waals surface area contributed by atoms with E-state index >= 15 is 0 Å². The van der Waals surface area contributed by atoms with Gasteiger partial charge in [0, 0.05) is 37.0 Å². The van der Waals surface area contributed by atoms with Crippen molar-refractivity contribution in [3.63, 3.8) is 0 Å². The highest BCUT2D eigenvalue weighted by Gasteiger charge is 2.25. The fourth-order valence-electron chi connectivity index (χ4n) is 4.21. The molecule has 0 radical (unpaired) electrons. The number of para-hydroxylation sites is 1. The van der Waals surface area contributed by atoms with Crippen LogP contribution in [-0.2, 0) is 24.6 Å². The number of ether oxygens (including phenoxy) is 1. The molecule has 0 spiro atoms. The van der Waals surface area contributed by atoms with E-state index in [1.54, 1.807) is 0 Å². The van der Waals surface area contributed by atoms with Crippen LogP contribution in [0, 0.1) is 0 Å². The van der Waals surface area contributed by atoms with E-state index in [1.165, 1.54) is 0 Å². The predicted octanol–water partition coefficient (Wildman–Crippen LogP) is 5.20. The van der Waals surface area contributed by atoms with Gasteiger partial charge >= 0.3 is 6.09 Å². The minimum absolute atomic E-state index is 0.225. The topological polar surface area (TPSA) is 96.2 Å². The van der Waals surface area contributed by atoms with E-state index in [4.69, 9.17) is 15.0 Å². The fraction of sp³-hybridized carbons (Fsp3) is 0.148.